The fourth-order valence-corrected chi connectivity index (χ4v) is 2.70. The molecule has 0 bridgehead atoms. The lowest BCUT2D eigenvalue weighted by molar-refractivity contribution is -0.274. The Balaban J connectivity index is 2.02. The van der Waals surface area contributed by atoms with E-state index in [1.54, 1.807) is 41.8 Å². The van der Waals surface area contributed by atoms with Gasteiger partial charge in [0.25, 0.3) is 0 Å². The third-order valence-electron chi connectivity index (χ3n) is 4.28. The predicted molar refractivity (Wildman–Crippen MR) is 108 cm³/mol. The van der Waals surface area contributed by atoms with Gasteiger partial charge in [0.15, 0.2) is 0 Å². The number of aryl methyl sites for hydroxylation is 1. The SMILES string of the molecule is Cc1ccc(C[C@H](NC(=O)C(F)(F)C(=O)NCc2cccc(OC(F)(F)F)c2)OB(O)O)cc1. The highest BCUT2D eigenvalue weighted by Gasteiger charge is 2.48. The number of rotatable bonds is 10. The lowest BCUT2D eigenvalue weighted by Crippen LogP contribution is -2.55. The van der Waals surface area contributed by atoms with Crippen LogP contribution in [0.25, 0.3) is 0 Å². The van der Waals surface area contributed by atoms with Crippen molar-refractivity contribution >= 4 is 19.1 Å². The third kappa shape index (κ3) is 8.61. The Morgan fingerprint density at radius 3 is 2.24 bits per heavy atom. The molecular weight excluding hydrogens is 470 g/mol. The van der Waals surface area contributed by atoms with Crippen molar-refractivity contribution in [1.82, 2.24) is 10.6 Å². The van der Waals surface area contributed by atoms with Gasteiger partial charge in [0.05, 0.1) is 0 Å². The third-order valence-corrected chi connectivity index (χ3v) is 4.28. The number of alkyl halides is 5. The van der Waals surface area contributed by atoms with E-state index in [1.165, 1.54) is 6.07 Å². The van der Waals surface area contributed by atoms with E-state index in [2.05, 4.69) is 9.39 Å². The maximum atomic E-state index is 14.3. The van der Waals surface area contributed by atoms with E-state index < -0.39 is 49.9 Å². The zero-order chi connectivity index (χ0) is 25.5. The number of carbonyl (C=O) groups excluding carboxylic acids is 2. The summed E-state index contributed by atoms with van der Waals surface area (Å²) in [6.45, 7) is 1.17. The largest absolute Gasteiger partial charge is 0.635 e. The first-order valence-corrected chi connectivity index (χ1v) is 9.65. The Bertz CT molecular complexity index is 988. The molecule has 1 atom stereocenters. The Hall–Kier alpha value is -3.23. The minimum Gasteiger partial charge on any atom is -0.406 e. The van der Waals surface area contributed by atoms with Crippen LogP contribution in [-0.4, -0.2) is 47.7 Å². The summed E-state index contributed by atoms with van der Waals surface area (Å²) in [5.74, 6) is -9.36. The van der Waals surface area contributed by atoms with E-state index in [1.807, 2.05) is 0 Å². The van der Waals surface area contributed by atoms with Gasteiger partial charge < -0.3 is 30.1 Å². The number of ether oxygens (including phenoxy) is 1. The average Bonchev–Trinajstić information content (AvgIpc) is 2.72. The average molecular weight is 490 g/mol. The summed E-state index contributed by atoms with van der Waals surface area (Å²) in [5, 5.41) is 21.5. The number of nitrogens with one attached hydrogen (secondary N) is 2. The van der Waals surface area contributed by atoms with Crippen molar-refractivity contribution in [2.75, 3.05) is 0 Å². The molecule has 2 aromatic carbocycles. The van der Waals surface area contributed by atoms with Gasteiger partial charge >= 0.3 is 31.4 Å². The molecule has 2 aromatic rings. The molecule has 184 valence electrons. The Morgan fingerprint density at radius 2 is 1.65 bits per heavy atom. The molecule has 0 aliphatic rings. The van der Waals surface area contributed by atoms with Gasteiger partial charge in [-0.05, 0) is 30.2 Å². The lowest BCUT2D eigenvalue weighted by atomic mass is 10.1. The van der Waals surface area contributed by atoms with E-state index in [0.717, 1.165) is 23.8 Å². The van der Waals surface area contributed by atoms with Gasteiger partial charge in [0.2, 0.25) is 0 Å². The van der Waals surface area contributed by atoms with Crippen molar-refractivity contribution in [1.29, 1.82) is 0 Å². The summed E-state index contributed by atoms with van der Waals surface area (Å²) >= 11 is 0. The van der Waals surface area contributed by atoms with E-state index in [-0.39, 0.29) is 12.0 Å². The van der Waals surface area contributed by atoms with Gasteiger partial charge in [0, 0.05) is 13.0 Å². The van der Waals surface area contributed by atoms with Crippen LogP contribution in [0.15, 0.2) is 48.5 Å². The van der Waals surface area contributed by atoms with Crippen LogP contribution in [0.3, 0.4) is 0 Å². The number of benzene rings is 2. The first-order chi connectivity index (χ1) is 15.8. The standard InChI is InChI=1S/C20H20BF5N2O6/c1-12-5-7-13(8-6-12)10-16(34-21(31)32)28-18(30)19(22,23)17(29)27-11-14-3-2-4-15(9-14)33-20(24,25)26/h2-9,16,31-32H,10-11H2,1H3,(H,27,29)(H,28,30)/t16-/m1/s1. The molecule has 0 aliphatic heterocycles. The molecule has 2 amide bonds. The van der Waals surface area contributed by atoms with Crippen LogP contribution in [0.4, 0.5) is 22.0 Å². The van der Waals surface area contributed by atoms with Gasteiger partial charge in [-0.25, -0.2) is 0 Å². The molecule has 0 aliphatic carbocycles. The number of halogens is 5. The van der Waals surface area contributed by atoms with Crippen molar-refractivity contribution in [3.63, 3.8) is 0 Å². The number of hydrogen-bond donors (Lipinski definition) is 4. The molecule has 0 unspecified atom stereocenters. The van der Waals surface area contributed by atoms with Crippen molar-refractivity contribution in [3.8, 4) is 5.75 Å². The zero-order valence-corrected chi connectivity index (χ0v) is 17.6. The second-order valence-corrected chi connectivity index (χ2v) is 7.07. The molecule has 0 fully saturated rings. The highest BCUT2D eigenvalue weighted by Crippen LogP contribution is 2.23. The first-order valence-electron chi connectivity index (χ1n) is 9.65. The van der Waals surface area contributed by atoms with Crippen LogP contribution >= 0.6 is 0 Å². The quantitative estimate of drug-likeness (QED) is 0.175. The molecule has 2 rings (SSSR count). The smallest absolute Gasteiger partial charge is 0.406 e. The predicted octanol–water partition coefficient (Wildman–Crippen LogP) is 1.82. The number of hydrogen-bond acceptors (Lipinski definition) is 6. The molecule has 0 saturated heterocycles. The topological polar surface area (TPSA) is 117 Å². The van der Waals surface area contributed by atoms with Crippen molar-refractivity contribution in [3.05, 3.63) is 65.2 Å². The molecule has 4 N–H and O–H groups in total. The Labute approximate surface area is 190 Å². The molecule has 8 nitrogen and oxygen atoms in total. The summed E-state index contributed by atoms with van der Waals surface area (Å²) in [7, 11) is -2.40. The van der Waals surface area contributed by atoms with Crippen molar-refractivity contribution in [2.45, 2.75) is 38.4 Å². The first kappa shape index (κ1) is 27.0. The van der Waals surface area contributed by atoms with E-state index >= 15 is 0 Å². The number of amides is 2. The fraction of sp³-hybridized carbons (Fsp3) is 0.300. The summed E-state index contributed by atoms with van der Waals surface area (Å²) < 4.78 is 73.9. The summed E-state index contributed by atoms with van der Waals surface area (Å²) in [6.07, 6.45) is -6.82. The van der Waals surface area contributed by atoms with Gasteiger partial charge in [0.1, 0.15) is 12.0 Å². The summed E-state index contributed by atoms with van der Waals surface area (Å²) in [5.41, 5.74) is 1.40. The van der Waals surface area contributed by atoms with Crippen LogP contribution < -0.4 is 15.4 Å². The second-order valence-electron chi connectivity index (χ2n) is 7.07. The van der Waals surface area contributed by atoms with Crippen molar-refractivity contribution in [2.24, 2.45) is 0 Å². The van der Waals surface area contributed by atoms with E-state index in [4.69, 9.17) is 10.0 Å². The van der Waals surface area contributed by atoms with Crippen LogP contribution in [0.2, 0.25) is 0 Å². The molecule has 0 spiro atoms. The van der Waals surface area contributed by atoms with Gasteiger partial charge in [-0.2, -0.15) is 8.78 Å². The highest BCUT2D eigenvalue weighted by molar-refractivity contribution is 6.32. The van der Waals surface area contributed by atoms with Gasteiger partial charge in [-0.3, -0.25) is 9.59 Å². The molecule has 0 radical (unpaired) electrons. The van der Waals surface area contributed by atoms with Crippen molar-refractivity contribution < 1.29 is 51.0 Å². The fourth-order valence-electron chi connectivity index (χ4n) is 2.70. The molecule has 0 heterocycles. The molecule has 14 heteroatoms. The number of carbonyl (C=O) groups is 2. The van der Waals surface area contributed by atoms with Crippen LogP contribution in [0.5, 0.6) is 5.75 Å². The summed E-state index contributed by atoms with van der Waals surface area (Å²) in [4.78, 5) is 24.0. The lowest BCUT2D eigenvalue weighted by Gasteiger charge is -2.22. The maximum absolute atomic E-state index is 14.3. The Morgan fingerprint density at radius 1 is 1.00 bits per heavy atom. The minimum atomic E-state index is -4.97. The van der Waals surface area contributed by atoms with Gasteiger partial charge in [-0.1, -0.05) is 42.0 Å². The highest BCUT2D eigenvalue weighted by atomic mass is 19.4. The molecule has 0 aromatic heterocycles. The Kier molecular flexibility index (Phi) is 8.96. The zero-order valence-electron chi connectivity index (χ0n) is 17.6. The summed E-state index contributed by atoms with van der Waals surface area (Å²) in [6, 6.07) is 10.8. The normalized spacial score (nSPS) is 12.6. The van der Waals surface area contributed by atoms with Crippen LogP contribution in [-0.2, 0) is 27.2 Å². The molecule has 34 heavy (non-hydrogen) atoms. The molecular formula is C20H20BF5N2O6. The van der Waals surface area contributed by atoms with E-state index in [0.29, 0.717) is 5.56 Å². The van der Waals surface area contributed by atoms with Crippen LogP contribution in [0, 0.1) is 6.92 Å². The molecule has 0 saturated carbocycles. The maximum Gasteiger partial charge on any atom is 0.635 e. The van der Waals surface area contributed by atoms with E-state index in [9.17, 15) is 31.5 Å². The second kappa shape index (κ2) is 11.3. The monoisotopic (exact) mass is 490 g/mol. The van der Waals surface area contributed by atoms with Gasteiger partial charge in [-0.15, -0.1) is 13.2 Å². The minimum absolute atomic E-state index is 0.00436. The van der Waals surface area contributed by atoms with Crippen LogP contribution in [0.1, 0.15) is 16.7 Å².